The number of anilines is 1. The van der Waals surface area contributed by atoms with Crippen LogP contribution in [0.25, 0.3) is 0 Å². The van der Waals surface area contributed by atoms with Gasteiger partial charge in [-0.15, -0.1) is 0 Å². The van der Waals surface area contributed by atoms with Crippen molar-refractivity contribution in [1.82, 2.24) is 4.31 Å². The summed E-state index contributed by atoms with van der Waals surface area (Å²) in [6.07, 6.45) is 3.14. The molecule has 0 spiro atoms. The summed E-state index contributed by atoms with van der Waals surface area (Å²) in [5.41, 5.74) is 0.326. The van der Waals surface area contributed by atoms with Crippen molar-refractivity contribution in [2.45, 2.75) is 36.0 Å². The van der Waals surface area contributed by atoms with Crippen LogP contribution >= 0.6 is 11.6 Å². The molecule has 2 aliphatic rings. The molecule has 1 saturated heterocycles. The molecule has 1 saturated carbocycles. The van der Waals surface area contributed by atoms with E-state index in [-0.39, 0.29) is 37.9 Å². The molecule has 2 aromatic rings. The van der Waals surface area contributed by atoms with Crippen molar-refractivity contribution in [3.63, 3.8) is 0 Å². The van der Waals surface area contributed by atoms with Crippen LogP contribution in [0.5, 0.6) is 0 Å². The summed E-state index contributed by atoms with van der Waals surface area (Å²) in [5.74, 6) is -1.09. The van der Waals surface area contributed by atoms with E-state index >= 15 is 0 Å². The maximum atomic E-state index is 14.5. The van der Waals surface area contributed by atoms with Crippen LogP contribution in [0.15, 0.2) is 47.4 Å². The van der Waals surface area contributed by atoms with E-state index < -0.39 is 26.2 Å². The highest BCUT2D eigenvalue weighted by molar-refractivity contribution is 7.89. The molecular weight excluding hydrogens is 443 g/mol. The second kappa shape index (κ2) is 8.86. The summed E-state index contributed by atoms with van der Waals surface area (Å²) >= 11 is 6.16. The van der Waals surface area contributed by atoms with Crippen LogP contribution in [-0.2, 0) is 25.0 Å². The van der Waals surface area contributed by atoms with Gasteiger partial charge in [-0.25, -0.2) is 12.8 Å². The minimum atomic E-state index is -4.03. The van der Waals surface area contributed by atoms with E-state index in [4.69, 9.17) is 16.3 Å². The van der Waals surface area contributed by atoms with Gasteiger partial charge >= 0.3 is 0 Å². The fraction of sp³-hybridized carbons (Fsp3) is 0.409. The lowest BCUT2D eigenvalue weighted by Crippen LogP contribution is -2.41. The Morgan fingerprint density at radius 3 is 2.48 bits per heavy atom. The standard InChI is InChI=1S/C22H24ClFN2O4S/c23-17-5-3-4-16(14-17)22(8-1-2-9-22)21(27)25-18-6-7-19(24)20(15-18)31(28,29)26-10-12-30-13-11-26/h3-7,14-15H,1-2,8-13H2,(H,25,27). The molecule has 1 aliphatic carbocycles. The highest BCUT2D eigenvalue weighted by Gasteiger charge is 2.43. The van der Waals surface area contributed by atoms with Gasteiger partial charge in [0.25, 0.3) is 0 Å². The Morgan fingerprint density at radius 1 is 1.10 bits per heavy atom. The molecule has 1 heterocycles. The smallest absolute Gasteiger partial charge is 0.246 e. The minimum Gasteiger partial charge on any atom is -0.379 e. The van der Waals surface area contributed by atoms with Gasteiger partial charge in [-0.1, -0.05) is 36.6 Å². The Labute approximate surface area is 186 Å². The van der Waals surface area contributed by atoms with Crippen molar-refractivity contribution >= 4 is 33.2 Å². The number of nitrogens with zero attached hydrogens (tertiary/aromatic N) is 1. The number of nitrogens with one attached hydrogen (secondary N) is 1. The predicted octanol–water partition coefficient (Wildman–Crippen LogP) is 3.95. The summed E-state index contributed by atoms with van der Waals surface area (Å²) < 4.78 is 46.7. The predicted molar refractivity (Wildman–Crippen MR) is 116 cm³/mol. The number of sulfonamides is 1. The Balaban J connectivity index is 1.63. The molecule has 2 aromatic carbocycles. The lowest BCUT2D eigenvalue weighted by atomic mass is 9.78. The van der Waals surface area contributed by atoms with Crippen LogP contribution in [0.3, 0.4) is 0 Å². The van der Waals surface area contributed by atoms with E-state index in [0.717, 1.165) is 24.5 Å². The van der Waals surface area contributed by atoms with Crippen molar-refractivity contribution in [2.75, 3.05) is 31.6 Å². The fourth-order valence-electron chi connectivity index (χ4n) is 4.37. The van der Waals surface area contributed by atoms with Gasteiger partial charge in [-0.2, -0.15) is 4.31 Å². The van der Waals surface area contributed by atoms with E-state index in [1.807, 2.05) is 12.1 Å². The van der Waals surface area contributed by atoms with Crippen molar-refractivity contribution < 1.29 is 22.3 Å². The van der Waals surface area contributed by atoms with Gasteiger partial charge in [0.2, 0.25) is 15.9 Å². The van der Waals surface area contributed by atoms with Crippen LogP contribution in [0.2, 0.25) is 5.02 Å². The summed E-state index contributed by atoms with van der Waals surface area (Å²) in [5, 5.41) is 3.38. The van der Waals surface area contributed by atoms with Crippen LogP contribution in [0.1, 0.15) is 31.2 Å². The summed E-state index contributed by atoms with van der Waals surface area (Å²) in [6.45, 7) is 0.853. The van der Waals surface area contributed by atoms with Crippen molar-refractivity contribution in [2.24, 2.45) is 0 Å². The minimum absolute atomic E-state index is 0.163. The number of carbonyl (C=O) groups is 1. The molecule has 31 heavy (non-hydrogen) atoms. The van der Waals surface area contributed by atoms with Crippen molar-refractivity contribution in [3.05, 3.63) is 58.9 Å². The third-order valence-corrected chi connectivity index (χ3v) is 8.19. The molecule has 0 bridgehead atoms. The molecule has 2 fully saturated rings. The molecule has 9 heteroatoms. The van der Waals surface area contributed by atoms with Crippen LogP contribution < -0.4 is 5.32 Å². The number of benzene rings is 2. The number of halogens is 2. The molecule has 0 atom stereocenters. The van der Waals surface area contributed by atoms with Gasteiger partial charge < -0.3 is 10.1 Å². The fourth-order valence-corrected chi connectivity index (χ4v) is 6.06. The SMILES string of the molecule is O=C(Nc1ccc(F)c(S(=O)(=O)N2CCOCC2)c1)C1(c2cccc(Cl)c2)CCCC1. The first-order valence-corrected chi connectivity index (χ1v) is 12.1. The maximum Gasteiger partial charge on any atom is 0.246 e. The lowest BCUT2D eigenvalue weighted by molar-refractivity contribution is -0.121. The third-order valence-electron chi connectivity index (χ3n) is 6.05. The average molecular weight is 467 g/mol. The second-order valence-electron chi connectivity index (χ2n) is 7.92. The molecule has 166 valence electrons. The molecule has 1 aliphatic heterocycles. The third kappa shape index (κ3) is 4.35. The number of hydrogen-bond acceptors (Lipinski definition) is 4. The molecule has 4 rings (SSSR count). The molecule has 0 radical (unpaired) electrons. The Bertz CT molecular complexity index is 1080. The van der Waals surface area contributed by atoms with Gasteiger partial charge in [0, 0.05) is 23.8 Å². The first kappa shape index (κ1) is 22.2. The van der Waals surface area contributed by atoms with E-state index in [9.17, 15) is 17.6 Å². The molecule has 0 unspecified atom stereocenters. The first-order valence-electron chi connectivity index (χ1n) is 10.3. The van der Waals surface area contributed by atoms with Crippen molar-refractivity contribution in [1.29, 1.82) is 0 Å². The second-order valence-corrected chi connectivity index (χ2v) is 10.3. The number of rotatable bonds is 5. The topological polar surface area (TPSA) is 75.7 Å². The number of amides is 1. The summed E-state index contributed by atoms with van der Waals surface area (Å²) in [6, 6.07) is 10.9. The van der Waals surface area contributed by atoms with Gasteiger partial charge in [0.15, 0.2) is 0 Å². The normalized spacial score (nSPS) is 19.3. The first-order chi connectivity index (χ1) is 14.8. The quantitative estimate of drug-likeness (QED) is 0.724. The number of morpholine rings is 1. The molecule has 1 N–H and O–H groups in total. The Hall–Kier alpha value is -2.00. The van der Waals surface area contributed by atoms with E-state index in [0.29, 0.717) is 17.9 Å². The number of hydrogen-bond donors (Lipinski definition) is 1. The van der Waals surface area contributed by atoms with Crippen LogP contribution in [0.4, 0.5) is 10.1 Å². The van der Waals surface area contributed by atoms with E-state index in [2.05, 4.69) is 5.32 Å². The summed E-state index contributed by atoms with van der Waals surface area (Å²) in [4.78, 5) is 12.9. The Morgan fingerprint density at radius 2 is 1.81 bits per heavy atom. The highest BCUT2D eigenvalue weighted by Crippen LogP contribution is 2.42. The van der Waals surface area contributed by atoms with Gasteiger partial charge in [-0.3, -0.25) is 4.79 Å². The van der Waals surface area contributed by atoms with Crippen LogP contribution in [0, 0.1) is 5.82 Å². The number of ether oxygens (including phenoxy) is 1. The van der Waals surface area contributed by atoms with Gasteiger partial charge in [-0.05, 0) is 48.7 Å². The summed E-state index contributed by atoms with van der Waals surface area (Å²) in [7, 11) is -4.03. The highest BCUT2D eigenvalue weighted by atomic mass is 35.5. The molecule has 6 nitrogen and oxygen atoms in total. The van der Waals surface area contributed by atoms with Crippen LogP contribution in [-0.4, -0.2) is 44.9 Å². The zero-order chi connectivity index (χ0) is 22.1. The zero-order valence-corrected chi connectivity index (χ0v) is 18.5. The lowest BCUT2D eigenvalue weighted by Gasteiger charge is -2.29. The van der Waals surface area contributed by atoms with Gasteiger partial charge in [0.05, 0.1) is 18.6 Å². The zero-order valence-electron chi connectivity index (χ0n) is 16.9. The molecule has 1 amide bonds. The largest absolute Gasteiger partial charge is 0.379 e. The number of carbonyl (C=O) groups excluding carboxylic acids is 1. The van der Waals surface area contributed by atoms with Gasteiger partial charge in [0.1, 0.15) is 10.7 Å². The molecule has 0 aromatic heterocycles. The monoisotopic (exact) mass is 466 g/mol. The van der Waals surface area contributed by atoms with E-state index in [1.165, 1.54) is 16.4 Å². The average Bonchev–Trinajstić information content (AvgIpc) is 3.27. The molecular formula is C22H24ClFN2O4S. The Kier molecular flexibility index (Phi) is 6.35. The maximum absolute atomic E-state index is 14.5. The van der Waals surface area contributed by atoms with E-state index in [1.54, 1.807) is 12.1 Å². The van der Waals surface area contributed by atoms with Crippen molar-refractivity contribution in [3.8, 4) is 0 Å².